The highest BCUT2D eigenvalue weighted by atomic mass is 16.6. The van der Waals surface area contributed by atoms with Crippen molar-refractivity contribution in [1.82, 2.24) is 5.43 Å². The first-order chi connectivity index (χ1) is 17.4. The summed E-state index contributed by atoms with van der Waals surface area (Å²) in [5.41, 5.74) is 4.77. The van der Waals surface area contributed by atoms with E-state index in [2.05, 4.69) is 10.5 Å². The van der Waals surface area contributed by atoms with E-state index in [-0.39, 0.29) is 24.6 Å². The van der Waals surface area contributed by atoms with Crippen molar-refractivity contribution in [3.8, 4) is 23.0 Å². The number of amides is 1. The normalized spacial score (nSPS) is 10.6. The lowest BCUT2D eigenvalue weighted by molar-refractivity contribution is -0.384. The number of hydrogen-bond donors (Lipinski definition) is 1. The smallest absolute Gasteiger partial charge is 0.269 e. The first-order valence-electron chi connectivity index (χ1n) is 11.1. The molecular formula is C26H27N3O7. The summed E-state index contributed by atoms with van der Waals surface area (Å²) >= 11 is 0. The van der Waals surface area contributed by atoms with Crippen LogP contribution in [0.2, 0.25) is 0 Å². The zero-order valence-corrected chi connectivity index (χ0v) is 20.2. The molecule has 0 spiro atoms. The van der Waals surface area contributed by atoms with Crippen LogP contribution in [0.1, 0.15) is 23.6 Å². The van der Waals surface area contributed by atoms with Gasteiger partial charge in [-0.25, -0.2) is 5.43 Å². The predicted octanol–water partition coefficient (Wildman–Crippen LogP) is 4.28. The monoisotopic (exact) mass is 493 g/mol. The Morgan fingerprint density at radius 3 is 2.28 bits per heavy atom. The van der Waals surface area contributed by atoms with Crippen molar-refractivity contribution in [2.75, 3.05) is 20.8 Å². The highest BCUT2D eigenvalue weighted by Gasteiger charge is 2.10. The van der Waals surface area contributed by atoms with E-state index in [1.807, 2.05) is 6.92 Å². The van der Waals surface area contributed by atoms with Crippen LogP contribution in [-0.4, -0.2) is 37.9 Å². The molecule has 1 amide bonds. The molecule has 0 aromatic heterocycles. The molecule has 0 saturated heterocycles. The van der Waals surface area contributed by atoms with Crippen LogP contribution in [0.25, 0.3) is 0 Å². The topological polar surface area (TPSA) is 122 Å². The van der Waals surface area contributed by atoms with Gasteiger partial charge in [-0.3, -0.25) is 14.9 Å². The number of benzene rings is 3. The molecule has 1 N–H and O–H groups in total. The Balaban J connectivity index is 1.59. The molecule has 0 aliphatic carbocycles. The van der Waals surface area contributed by atoms with Crippen LogP contribution in [0.3, 0.4) is 0 Å². The van der Waals surface area contributed by atoms with Crippen LogP contribution in [-0.2, 0) is 17.8 Å². The molecule has 0 saturated carbocycles. The molecule has 0 radical (unpaired) electrons. The van der Waals surface area contributed by atoms with Gasteiger partial charge in [0.05, 0.1) is 38.4 Å². The van der Waals surface area contributed by atoms with E-state index >= 15 is 0 Å². The Bertz CT molecular complexity index is 1230. The Morgan fingerprint density at radius 1 is 0.917 bits per heavy atom. The summed E-state index contributed by atoms with van der Waals surface area (Å²) in [6, 6.07) is 16.7. The minimum atomic E-state index is -0.448. The number of carbonyl (C=O) groups is 1. The average molecular weight is 494 g/mol. The minimum absolute atomic E-state index is 0.0215. The molecule has 3 aromatic carbocycles. The highest BCUT2D eigenvalue weighted by Crippen LogP contribution is 2.29. The first kappa shape index (κ1) is 26.0. The van der Waals surface area contributed by atoms with Gasteiger partial charge in [0, 0.05) is 12.1 Å². The maximum Gasteiger partial charge on any atom is 0.269 e. The SMILES string of the molecule is CCOc1cc(/C=N/NC(=O)Cc2ccc(OC)c(OC)c2)ccc1OCc1ccc([N+](=O)[O-])cc1. The zero-order valence-electron chi connectivity index (χ0n) is 20.2. The van der Waals surface area contributed by atoms with Gasteiger partial charge in [-0.05, 0) is 66.1 Å². The summed E-state index contributed by atoms with van der Waals surface area (Å²) < 4.78 is 22.0. The predicted molar refractivity (Wildman–Crippen MR) is 134 cm³/mol. The molecule has 3 rings (SSSR count). The average Bonchev–Trinajstić information content (AvgIpc) is 2.88. The summed E-state index contributed by atoms with van der Waals surface area (Å²) in [7, 11) is 3.09. The van der Waals surface area contributed by atoms with E-state index in [1.54, 1.807) is 55.6 Å². The number of hydrogen-bond acceptors (Lipinski definition) is 8. The van der Waals surface area contributed by atoms with Crippen molar-refractivity contribution in [2.24, 2.45) is 5.10 Å². The molecule has 0 heterocycles. The lowest BCUT2D eigenvalue weighted by atomic mass is 10.1. The molecule has 36 heavy (non-hydrogen) atoms. The van der Waals surface area contributed by atoms with Crippen molar-refractivity contribution >= 4 is 17.8 Å². The van der Waals surface area contributed by atoms with Crippen LogP contribution >= 0.6 is 0 Å². The van der Waals surface area contributed by atoms with Crippen molar-refractivity contribution in [3.05, 3.63) is 87.5 Å². The summed E-state index contributed by atoms with van der Waals surface area (Å²) in [4.78, 5) is 22.6. The lowest BCUT2D eigenvalue weighted by Crippen LogP contribution is -2.19. The number of ether oxygens (including phenoxy) is 4. The molecule has 0 aliphatic heterocycles. The fourth-order valence-corrected chi connectivity index (χ4v) is 3.26. The van der Waals surface area contributed by atoms with Crippen LogP contribution < -0.4 is 24.4 Å². The largest absolute Gasteiger partial charge is 0.493 e. The van der Waals surface area contributed by atoms with Crippen LogP contribution in [0.5, 0.6) is 23.0 Å². The van der Waals surface area contributed by atoms with Gasteiger partial charge >= 0.3 is 0 Å². The Hall–Kier alpha value is -4.60. The summed E-state index contributed by atoms with van der Waals surface area (Å²) in [5.74, 6) is 1.88. The molecule has 3 aromatic rings. The number of methoxy groups -OCH3 is 2. The van der Waals surface area contributed by atoms with Crippen LogP contribution in [0.15, 0.2) is 65.8 Å². The van der Waals surface area contributed by atoms with E-state index in [4.69, 9.17) is 18.9 Å². The highest BCUT2D eigenvalue weighted by molar-refractivity contribution is 5.84. The van der Waals surface area contributed by atoms with Gasteiger partial charge in [0.1, 0.15) is 6.61 Å². The van der Waals surface area contributed by atoms with E-state index in [1.165, 1.54) is 25.5 Å². The van der Waals surface area contributed by atoms with Crippen molar-refractivity contribution in [3.63, 3.8) is 0 Å². The molecule has 10 nitrogen and oxygen atoms in total. The number of rotatable bonds is 12. The van der Waals surface area contributed by atoms with Crippen LogP contribution in [0.4, 0.5) is 5.69 Å². The van der Waals surface area contributed by atoms with Gasteiger partial charge in [-0.15, -0.1) is 0 Å². The number of non-ortho nitro benzene ring substituents is 1. The number of nitro benzene ring substituents is 1. The standard InChI is InChI=1S/C26H27N3O7/c1-4-35-25-14-20(8-12-23(25)36-17-18-5-9-21(10-6-18)29(31)32)16-27-28-26(30)15-19-7-11-22(33-2)24(13-19)34-3/h5-14,16H,4,15,17H2,1-3H3,(H,28,30)/b27-16+. The number of nitrogens with one attached hydrogen (secondary N) is 1. The maximum atomic E-state index is 12.3. The van der Waals surface area contributed by atoms with Crippen molar-refractivity contribution in [2.45, 2.75) is 20.0 Å². The number of hydrazone groups is 1. The quantitative estimate of drug-likeness (QED) is 0.227. The third kappa shape index (κ3) is 7.20. The van der Waals surface area contributed by atoms with Crippen molar-refractivity contribution in [1.29, 1.82) is 0 Å². The zero-order chi connectivity index (χ0) is 25.9. The molecule has 0 unspecified atom stereocenters. The molecular weight excluding hydrogens is 466 g/mol. The van der Waals surface area contributed by atoms with Gasteiger partial charge in [0.15, 0.2) is 23.0 Å². The van der Waals surface area contributed by atoms with Crippen molar-refractivity contribution < 1.29 is 28.7 Å². The van der Waals surface area contributed by atoms with Gasteiger partial charge in [0.25, 0.3) is 5.69 Å². The molecule has 0 fully saturated rings. The maximum absolute atomic E-state index is 12.3. The Morgan fingerprint density at radius 2 is 1.61 bits per heavy atom. The molecule has 0 aliphatic rings. The Kier molecular flexibility index (Phi) is 9.21. The van der Waals surface area contributed by atoms with Gasteiger partial charge in [-0.1, -0.05) is 6.07 Å². The van der Waals surface area contributed by atoms with Gasteiger partial charge < -0.3 is 18.9 Å². The van der Waals surface area contributed by atoms with E-state index < -0.39 is 4.92 Å². The van der Waals surface area contributed by atoms with E-state index in [9.17, 15) is 14.9 Å². The van der Waals surface area contributed by atoms with E-state index in [0.29, 0.717) is 35.2 Å². The third-order valence-corrected chi connectivity index (χ3v) is 5.02. The summed E-state index contributed by atoms with van der Waals surface area (Å²) in [6.07, 6.45) is 1.63. The first-order valence-corrected chi connectivity index (χ1v) is 11.1. The number of nitro groups is 1. The fraction of sp³-hybridized carbons (Fsp3) is 0.231. The fourth-order valence-electron chi connectivity index (χ4n) is 3.26. The second-order valence-corrected chi connectivity index (χ2v) is 7.51. The lowest BCUT2D eigenvalue weighted by Gasteiger charge is -2.12. The van der Waals surface area contributed by atoms with Gasteiger partial charge in [-0.2, -0.15) is 5.10 Å². The number of nitrogens with zero attached hydrogens (tertiary/aromatic N) is 2. The van der Waals surface area contributed by atoms with Crippen LogP contribution in [0, 0.1) is 10.1 Å². The molecule has 0 atom stereocenters. The molecule has 0 bridgehead atoms. The molecule has 188 valence electrons. The third-order valence-electron chi connectivity index (χ3n) is 5.02. The summed E-state index contributed by atoms with van der Waals surface area (Å²) in [6.45, 7) is 2.50. The minimum Gasteiger partial charge on any atom is -0.493 e. The Labute approximate surface area is 208 Å². The van der Waals surface area contributed by atoms with E-state index in [0.717, 1.165) is 11.1 Å². The number of carbonyl (C=O) groups excluding carboxylic acids is 1. The summed E-state index contributed by atoms with van der Waals surface area (Å²) in [5, 5.41) is 14.8. The second kappa shape index (κ2) is 12.7. The van der Waals surface area contributed by atoms with Gasteiger partial charge in [0.2, 0.25) is 5.91 Å². The second-order valence-electron chi connectivity index (χ2n) is 7.51. The molecule has 10 heteroatoms.